The zero-order valence-corrected chi connectivity index (χ0v) is 11.1. The van der Waals surface area contributed by atoms with Gasteiger partial charge in [0.1, 0.15) is 4.88 Å². The SMILES string of the molecule is CCN(C)c1nc(-c2ccccc2)c(C(=O)O)s1. The lowest BCUT2D eigenvalue weighted by molar-refractivity contribution is 0.0702. The fourth-order valence-electron chi connectivity index (χ4n) is 1.54. The summed E-state index contributed by atoms with van der Waals surface area (Å²) in [6.45, 7) is 2.80. The number of carboxylic acid groups (broad SMARTS) is 1. The summed E-state index contributed by atoms with van der Waals surface area (Å²) in [7, 11) is 1.90. The van der Waals surface area contributed by atoms with E-state index in [1.165, 1.54) is 11.3 Å². The first-order valence-electron chi connectivity index (χ1n) is 5.64. The van der Waals surface area contributed by atoms with Crippen molar-refractivity contribution >= 4 is 22.4 Å². The number of aromatic carboxylic acids is 1. The zero-order valence-electron chi connectivity index (χ0n) is 10.3. The van der Waals surface area contributed by atoms with Crippen LogP contribution in [0.15, 0.2) is 30.3 Å². The molecule has 0 saturated heterocycles. The van der Waals surface area contributed by atoms with Gasteiger partial charge in [0, 0.05) is 19.2 Å². The van der Waals surface area contributed by atoms with E-state index in [0.717, 1.165) is 17.2 Å². The van der Waals surface area contributed by atoms with Gasteiger partial charge in [0.2, 0.25) is 0 Å². The molecule has 94 valence electrons. The molecule has 1 aromatic heterocycles. The third-order valence-electron chi connectivity index (χ3n) is 2.66. The van der Waals surface area contributed by atoms with E-state index in [0.29, 0.717) is 5.69 Å². The van der Waals surface area contributed by atoms with E-state index in [1.807, 2.05) is 49.2 Å². The van der Waals surface area contributed by atoms with E-state index in [-0.39, 0.29) is 4.88 Å². The molecule has 1 N–H and O–H groups in total. The summed E-state index contributed by atoms with van der Waals surface area (Å²) >= 11 is 1.21. The number of nitrogens with zero attached hydrogens (tertiary/aromatic N) is 2. The summed E-state index contributed by atoms with van der Waals surface area (Å²) in [4.78, 5) is 17.9. The number of hydrogen-bond acceptors (Lipinski definition) is 4. The number of anilines is 1. The minimum Gasteiger partial charge on any atom is -0.477 e. The van der Waals surface area contributed by atoms with Crippen LogP contribution in [0.5, 0.6) is 0 Å². The molecule has 1 aromatic carbocycles. The van der Waals surface area contributed by atoms with E-state index in [4.69, 9.17) is 0 Å². The minimum absolute atomic E-state index is 0.288. The highest BCUT2D eigenvalue weighted by molar-refractivity contribution is 7.17. The lowest BCUT2D eigenvalue weighted by Gasteiger charge is -2.11. The number of rotatable bonds is 4. The average molecular weight is 262 g/mol. The van der Waals surface area contributed by atoms with Crippen LogP contribution in [-0.2, 0) is 0 Å². The monoisotopic (exact) mass is 262 g/mol. The lowest BCUT2D eigenvalue weighted by Crippen LogP contribution is -2.15. The molecule has 18 heavy (non-hydrogen) atoms. The molecule has 1 heterocycles. The maximum absolute atomic E-state index is 11.3. The van der Waals surface area contributed by atoms with Crippen LogP contribution < -0.4 is 4.90 Å². The number of hydrogen-bond donors (Lipinski definition) is 1. The van der Waals surface area contributed by atoms with Crippen LogP contribution in [0.2, 0.25) is 0 Å². The molecule has 0 spiro atoms. The third-order valence-corrected chi connectivity index (χ3v) is 3.82. The molecule has 0 radical (unpaired) electrons. The van der Waals surface area contributed by atoms with Crippen LogP contribution in [0.25, 0.3) is 11.3 Å². The summed E-state index contributed by atoms with van der Waals surface area (Å²) in [6.07, 6.45) is 0. The molecule has 5 heteroatoms. The second-order valence-electron chi connectivity index (χ2n) is 3.86. The van der Waals surface area contributed by atoms with Gasteiger partial charge >= 0.3 is 5.97 Å². The Kier molecular flexibility index (Phi) is 3.62. The molecule has 0 fully saturated rings. The number of aromatic nitrogens is 1. The summed E-state index contributed by atoms with van der Waals surface area (Å²) in [6, 6.07) is 9.40. The maximum atomic E-state index is 11.3. The molecule has 0 bridgehead atoms. The van der Waals surface area contributed by atoms with Crippen LogP contribution in [0.4, 0.5) is 5.13 Å². The third kappa shape index (κ3) is 2.36. The molecule has 2 rings (SSSR count). The van der Waals surface area contributed by atoms with E-state index in [1.54, 1.807) is 0 Å². The Labute approximate surface area is 110 Å². The topological polar surface area (TPSA) is 53.4 Å². The second kappa shape index (κ2) is 5.18. The van der Waals surface area contributed by atoms with Crippen molar-refractivity contribution in [1.82, 2.24) is 4.98 Å². The van der Waals surface area contributed by atoms with Crippen molar-refractivity contribution in [3.8, 4) is 11.3 Å². The van der Waals surface area contributed by atoms with Gasteiger partial charge in [-0.05, 0) is 6.92 Å². The van der Waals surface area contributed by atoms with E-state index in [9.17, 15) is 9.90 Å². The Balaban J connectivity index is 2.52. The maximum Gasteiger partial charge on any atom is 0.348 e. The zero-order chi connectivity index (χ0) is 13.1. The van der Waals surface area contributed by atoms with Crippen molar-refractivity contribution < 1.29 is 9.90 Å². The number of carbonyl (C=O) groups is 1. The van der Waals surface area contributed by atoms with Crippen molar-refractivity contribution in [1.29, 1.82) is 0 Å². The van der Waals surface area contributed by atoms with Gasteiger partial charge in [0.15, 0.2) is 5.13 Å². The number of benzene rings is 1. The lowest BCUT2D eigenvalue weighted by atomic mass is 10.1. The second-order valence-corrected chi connectivity index (χ2v) is 4.84. The summed E-state index contributed by atoms with van der Waals surface area (Å²) in [5.74, 6) is -0.929. The first-order valence-corrected chi connectivity index (χ1v) is 6.45. The molecule has 0 aliphatic heterocycles. The van der Waals surface area contributed by atoms with Crippen molar-refractivity contribution in [3.05, 3.63) is 35.2 Å². The van der Waals surface area contributed by atoms with Gasteiger partial charge in [0.05, 0.1) is 5.69 Å². The van der Waals surface area contributed by atoms with Crippen LogP contribution in [0.1, 0.15) is 16.6 Å². The molecule has 0 amide bonds. The average Bonchev–Trinajstić information content (AvgIpc) is 2.84. The highest BCUT2D eigenvalue weighted by Crippen LogP contribution is 2.32. The molecule has 4 nitrogen and oxygen atoms in total. The van der Waals surface area contributed by atoms with E-state index >= 15 is 0 Å². The molecule has 0 aliphatic rings. The number of thiazole rings is 1. The molecular formula is C13H14N2O2S. The first-order chi connectivity index (χ1) is 8.63. The predicted octanol–water partition coefficient (Wildman–Crippen LogP) is 2.96. The first kappa shape index (κ1) is 12.6. The largest absolute Gasteiger partial charge is 0.477 e. The van der Waals surface area contributed by atoms with Crippen molar-refractivity contribution in [2.75, 3.05) is 18.5 Å². The van der Waals surface area contributed by atoms with Gasteiger partial charge in [-0.15, -0.1) is 0 Å². The normalized spacial score (nSPS) is 10.3. The Morgan fingerprint density at radius 3 is 2.61 bits per heavy atom. The fraction of sp³-hybridized carbons (Fsp3) is 0.231. The van der Waals surface area contributed by atoms with E-state index in [2.05, 4.69) is 4.98 Å². The summed E-state index contributed by atoms with van der Waals surface area (Å²) in [5, 5.41) is 9.98. The fourth-order valence-corrected chi connectivity index (χ4v) is 2.50. The van der Waals surface area contributed by atoms with Crippen molar-refractivity contribution in [2.45, 2.75) is 6.92 Å². The highest BCUT2D eigenvalue weighted by atomic mass is 32.1. The Morgan fingerprint density at radius 1 is 1.39 bits per heavy atom. The molecule has 0 aliphatic carbocycles. The summed E-state index contributed by atoms with van der Waals surface area (Å²) in [5.41, 5.74) is 1.38. The van der Waals surface area contributed by atoms with Gasteiger partial charge in [0.25, 0.3) is 0 Å². The van der Waals surface area contributed by atoms with Crippen molar-refractivity contribution in [3.63, 3.8) is 0 Å². The van der Waals surface area contributed by atoms with Gasteiger partial charge in [-0.1, -0.05) is 41.7 Å². The molecule has 0 saturated carbocycles. The highest BCUT2D eigenvalue weighted by Gasteiger charge is 2.19. The van der Waals surface area contributed by atoms with Gasteiger partial charge in [-0.3, -0.25) is 0 Å². The molecular weight excluding hydrogens is 248 g/mol. The van der Waals surface area contributed by atoms with Crippen LogP contribution in [-0.4, -0.2) is 29.7 Å². The Morgan fingerprint density at radius 2 is 2.06 bits per heavy atom. The van der Waals surface area contributed by atoms with Gasteiger partial charge in [-0.2, -0.15) is 0 Å². The smallest absolute Gasteiger partial charge is 0.348 e. The van der Waals surface area contributed by atoms with Crippen LogP contribution >= 0.6 is 11.3 Å². The van der Waals surface area contributed by atoms with Crippen LogP contribution in [0, 0.1) is 0 Å². The summed E-state index contributed by atoms with van der Waals surface area (Å²) < 4.78 is 0. The Bertz CT molecular complexity index is 551. The Hall–Kier alpha value is -1.88. The number of carboxylic acids is 1. The quantitative estimate of drug-likeness (QED) is 0.920. The van der Waals surface area contributed by atoms with Gasteiger partial charge < -0.3 is 10.0 Å². The predicted molar refractivity (Wildman–Crippen MR) is 73.5 cm³/mol. The molecule has 2 aromatic rings. The minimum atomic E-state index is -0.929. The van der Waals surface area contributed by atoms with E-state index < -0.39 is 5.97 Å². The van der Waals surface area contributed by atoms with Crippen molar-refractivity contribution in [2.24, 2.45) is 0 Å². The standard InChI is InChI=1S/C13H14N2O2S/c1-3-15(2)13-14-10(11(18-13)12(16)17)9-7-5-4-6-8-9/h4-8H,3H2,1-2H3,(H,16,17). The molecule has 0 unspecified atom stereocenters. The van der Waals surface area contributed by atoms with Crippen LogP contribution in [0.3, 0.4) is 0 Å². The molecule has 0 atom stereocenters. The van der Waals surface area contributed by atoms with Gasteiger partial charge in [-0.25, -0.2) is 9.78 Å².